The van der Waals surface area contributed by atoms with Gasteiger partial charge in [0, 0.05) is 11.6 Å². The molecule has 2 aromatic carbocycles. The summed E-state index contributed by atoms with van der Waals surface area (Å²) in [6, 6.07) is 11.5. The van der Waals surface area contributed by atoms with Gasteiger partial charge in [-0.05, 0) is 55.0 Å². The maximum Gasteiger partial charge on any atom is 0.338 e. The lowest BCUT2D eigenvalue weighted by atomic mass is 10.2. The van der Waals surface area contributed by atoms with Crippen LogP contribution >= 0.6 is 11.6 Å². The second-order valence-corrected chi connectivity index (χ2v) is 7.09. The zero-order valence-electron chi connectivity index (χ0n) is 12.6. The predicted molar refractivity (Wildman–Crippen MR) is 89.6 cm³/mol. The molecule has 6 nitrogen and oxygen atoms in total. The molecule has 2 aromatic rings. The van der Waals surface area contributed by atoms with Crippen LogP contribution in [0.5, 0.6) is 5.75 Å². The molecule has 0 spiro atoms. The molecule has 0 fully saturated rings. The highest BCUT2D eigenvalue weighted by atomic mass is 35.5. The van der Waals surface area contributed by atoms with E-state index in [0.29, 0.717) is 17.0 Å². The number of rotatable bonds is 7. The van der Waals surface area contributed by atoms with Crippen LogP contribution in [-0.4, -0.2) is 32.6 Å². The van der Waals surface area contributed by atoms with Crippen LogP contribution in [0.3, 0.4) is 0 Å². The van der Waals surface area contributed by atoms with Gasteiger partial charge >= 0.3 is 5.97 Å². The van der Waals surface area contributed by atoms with E-state index in [1.807, 2.05) is 0 Å². The Morgan fingerprint density at radius 2 is 1.71 bits per heavy atom. The monoisotopic (exact) mass is 369 g/mol. The first kappa shape index (κ1) is 18.3. The van der Waals surface area contributed by atoms with Gasteiger partial charge in [-0.25, -0.2) is 17.9 Å². The number of esters is 1. The molecule has 0 saturated carbocycles. The summed E-state index contributed by atoms with van der Waals surface area (Å²) in [5.41, 5.74) is 0.314. The predicted octanol–water partition coefficient (Wildman–Crippen LogP) is 2.57. The number of halogens is 1. The van der Waals surface area contributed by atoms with E-state index in [1.54, 1.807) is 0 Å². The standard InChI is InChI=1S/C16H16ClNO5S/c17-13-4-8-15(9-5-13)24(21,22)18-10-1-11-23-16(20)12-2-6-14(19)7-3-12/h2-9,18-19H,1,10-11H2. The third-order valence-corrected chi connectivity index (χ3v) is 4.80. The molecule has 8 heteroatoms. The fourth-order valence-corrected chi connectivity index (χ4v) is 3.02. The fourth-order valence-electron chi connectivity index (χ4n) is 1.82. The normalized spacial score (nSPS) is 11.2. The van der Waals surface area contributed by atoms with Crippen molar-refractivity contribution in [3.05, 3.63) is 59.1 Å². The molecule has 0 aromatic heterocycles. The van der Waals surface area contributed by atoms with Crippen LogP contribution in [0.25, 0.3) is 0 Å². The Morgan fingerprint density at radius 3 is 2.33 bits per heavy atom. The summed E-state index contributed by atoms with van der Waals surface area (Å²) >= 11 is 5.72. The SMILES string of the molecule is O=C(OCCCNS(=O)(=O)c1ccc(Cl)cc1)c1ccc(O)cc1. The van der Waals surface area contributed by atoms with E-state index < -0.39 is 16.0 Å². The van der Waals surface area contributed by atoms with Gasteiger partial charge in [0.2, 0.25) is 10.0 Å². The molecular formula is C16H16ClNO5S. The summed E-state index contributed by atoms with van der Waals surface area (Å²) in [6.07, 6.45) is 0.330. The van der Waals surface area contributed by atoms with E-state index in [4.69, 9.17) is 21.4 Å². The number of aromatic hydroxyl groups is 1. The lowest BCUT2D eigenvalue weighted by molar-refractivity contribution is 0.0502. The number of ether oxygens (including phenoxy) is 1. The summed E-state index contributed by atoms with van der Waals surface area (Å²) in [5.74, 6) is -0.473. The molecule has 2 N–H and O–H groups in total. The molecule has 0 aliphatic rings. The number of carbonyl (C=O) groups is 1. The number of carbonyl (C=O) groups excluding carboxylic acids is 1. The average molecular weight is 370 g/mol. The number of hydrogen-bond acceptors (Lipinski definition) is 5. The second-order valence-electron chi connectivity index (χ2n) is 4.89. The average Bonchev–Trinajstić information content (AvgIpc) is 2.55. The maximum atomic E-state index is 12.0. The van der Waals surface area contributed by atoms with E-state index in [0.717, 1.165) is 0 Å². The van der Waals surface area contributed by atoms with Gasteiger partial charge in [0.1, 0.15) is 5.75 Å². The number of sulfonamides is 1. The number of benzene rings is 2. The summed E-state index contributed by atoms with van der Waals surface area (Å²) in [4.78, 5) is 11.8. The number of phenols is 1. The number of hydrogen-bond donors (Lipinski definition) is 2. The van der Waals surface area contributed by atoms with Crippen molar-refractivity contribution in [2.24, 2.45) is 0 Å². The van der Waals surface area contributed by atoms with Crippen LogP contribution in [0, 0.1) is 0 Å². The lowest BCUT2D eigenvalue weighted by Crippen LogP contribution is -2.25. The maximum absolute atomic E-state index is 12.0. The van der Waals surface area contributed by atoms with Crippen molar-refractivity contribution in [3.63, 3.8) is 0 Å². The van der Waals surface area contributed by atoms with Gasteiger partial charge in [0.05, 0.1) is 17.1 Å². The largest absolute Gasteiger partial charge is 0.508 e. The molecule has 128 valence electrons. The second kappa shape index (κ2) is 8.14. The van der Waals surface area contributed by atoms with E-state index in [2.05, 4.69) is 4.72 Å². The minimum atomic E-state index is -3.61. The van der Waals surface area contributed by atoms with E-state index in [9.17, 15) is 13.2 Å². The Kier molecular flexibility index (Phi) is 6.19. The summed E-state index contributed by atoms with van der Waals surface area (Å²) in [7, 11) is -3.61. The van der Waals surface area contributed by atoms with E-state index >= 15 is 0 Å². The number of phenolic OH excluding ortho intramolecular Hbond substituents is 1. The van der Waals surface area contributed by atoms with Gasteiger partial charge in [0.15, 0.2) is 0 Å². The van der Waals surface area contributed by atoms with Crippen LogP contribution in [-0.2, 0) is 14.8 Å². The third-order valence-electron chi connectivity index (χ3n) is 3.07. The molecule has 0 atom stereocenters. The quantitative estimate of drug-likeness (QED) is 0.578. The highest BCUT2D eigenvalue weighted by Gasteiger charge is 2.13. The van der Waals surface area contributed by atoms with Gasteiger partial charge in [-0.1, -0.05) is 11.6 Å². The zero-order valence-corrected chi connectivity index (χ0v) is 14.2. The zero-order chi connectivity index (χ0) is 17.6. The molecule has 0 unspecified atom stereocenters. The molecule has 0 bridgehead atoms. The van der Waals surface area contributed by atoms with Crippen molar-refractivity contribution >= 4 is 27.6 Å². The molecule has 2 rings (SSSR count). The van der Waals surface area contributed by atoms with Crippen molar-refractivity contribution in [2.45, 2.75) is 11.3 Å². The van der Waals surface area contributed by atoms with Crippen molar-refractivity contribution < 1.29 is 23.1 Å². The first-order chi connectivity index (χ1) is 11.4. The van der Waals surface area contributed by atoms with Gasteiger partial charge < -0.3 is 9.84 Å². The van der Waals surface area contributed by atoms with Crippen molar-refractivity contribution in [1.82, 2.24) is 4.72 Å². The minimum Gasteiger partial charge on any atom is -0.508 e. The van der Waals surface area contributed by atoms with Crippen LogP contribution in [0.2, 0.25) is 5.02 Å². The van der Waals surface area contributed by atoms with Crippen LogP contribution in [0.1, 0.15) is 16.8 Å². The summed E-state index contributed by atoms with van der Waals surface area (Å²) in [6.45, 7) is 0.205. The van der Waals surface area contributed by atoms with Crippen molar-refractivity contribution in [3.8, 4) is 5.75 Å². The minimum absolute atomic E-state index is 0.0585. The van der Waals surface area contributed by atoms with Gasteiger partial charge in [-0.2, -0.15) is 0 Å². The van der Waals surface area contributed by atoms with E-state index in [-0.39, 0.29) is 23.8 Å². The number of nitrogens with one attached hydrogen (secondary N) is 1. The first-order valence-corrected chi connectivity index (χ1v) is 8.96. The summed E-state index contributed by atoms with van der Waals surface area (Å²) < 4.78 is 31.5. The van der Waals surface area contributed by atoms with E-state index in [1.165, 1.54) is 48.5 Å². The molecule has 0 saturated heterocycles. The topological polar surface area (TPSA) is 92.7 Å². The van der Waals surface area contributed by atoms with Gasteiger partial charge in [-0.3, -0.25) is 0 Å². The molecule has 24 heavy (non-hydrogen) atoms. The highest BCUT2D eigenvalue weighted by Crippen LogP contribution is 2.14. The first-order valence-electron chi connectivity index (χ1n) is 7.10. The molecule has 0 aliphatic carbocycles. The summed E-state index contributed by atoms with van der Waals surface area (Å²) in [5, 5.41) is 9.60. The van der Waals surface area contributed by atoms with Crippen LogP contribution < -0.4 is 4.72 Å². The Morgan fingerprint density at radius 1 is 1.08 bits per heavy atom. The lowest BCUT2D eigenvalue weighted by Gasteiger charge is -2.08. The smallest absolute Gasteiger partial charge is 0.338 e. The highest BCUT2D eigenvalue weighted by molar-refractivity contribution is 7.89. The van der Waals surface area contributed by atoms with Gasteiger partial charge in [-0.15, -0.1) is 0 Å². The molecule has 0 aliphatic heterocycles. The Balaban J connectivity index is 1.75. The van der Waals surface area contributed by atoms with Crippen molar-refractivity contribution in [1.29, 1.82) is 0 Å². The Labute approximate surface area is 145 Å². The molecule has 0 heterocycles. The molecule has 0 radical (unpaired) electrons. The Bertz CT molecular complexity index is 788. The Hall–Kier alpha value is -2.09. The van der Waals surface area contributed by atoms with Crippen molar-refractivity contribution in [2.75, 3.05) is 13.2 Å². The van der Waals surface area contributed by atoms with Crippen LogP contribution in [0.4, 0.5) is 0 Å². The van der Waals surface area contributed by atoms with Crippen LogP contribution in [0.15, 0.2) is 53.4 Å². The third kappa shape index (κ3) is 5.23. The molecule has 0 amide bonds. The molecular weight excluding hydrogens is 354 g/mol. The van der Waals surface area contributed by atoms with Gasteiger partial charge in [0.25, 0.3) is 0 Å². The fraction of sp³-hybridized carbons (Fsp3) is 0.188.